The van der Waals surface area contributed by atoms with E-state index in [9.17, 15) is 9.59 Å². The first-order valence-corrected chi connectivity index (χ1v) is 11.0. The topological polar surface area (TPSA) is 98.8 Å². The molecule has 33 heavy (non-hydrogen) atoms. The molecule has 3 aromatic rings. The molecule has 9 nitrogen and oxygen atoms in total. The Kier molecular flexibility index (Phi) is 5.63. The lowest BCUT2D eigenvalue weighted by molar-refractivity contribution is -0.172. The van der Waals surface area contributed by atoms with E-state index in [1.807, 2.05) is 35.0 Å². The summed E-state index contributed by atoms with van der Waals surface area (Å²) in [6.45, 7) is 1.83. The fraction of sp³-hybridized carbons (Fsp3) is 0.375. The number of amides is 2. The highest BCUT2D eigenvalue weighted by atomic mass is 16.5. The summed E-state index contributed by atoms with van der Waals surface area (Å²) in [5, 5.41) is 2.98. The second kappa shape index (κ2) is 8.74. The summed E-state index contributed by atoms with van der Waals surface area (Å²) in [4.78, 5) is 32.0. The third kappa shape index (κ3) is 4.11. The van der Waals surface area contributed by atoms with Gasteiger partial charge >= 0.3 is 0 Å². The summed E-state index contributed by atoms with van der Waals surface area (Å²) in [7, 11) is 1.62. The molecule has 172 valence electrons. The number of hydrogen-bond acceptors (Lipinski definition) is 6. The first-order valence-electron chi connectivity index (χ1n) is 11.0. The van der Waals surface area contributed by atoms with Crippen molar-refractivity contribution in [1.29, 1.82) is 0 Å². The zero-order valence-corrected chi connectivity index (χ0v) is 18.4. The van der Waals surface area contributed by atoms with E-state index in [1.54, 1.807) is 24.3 Å². The number of furan rings is 1. The second-order valence-electron chi connectivity index (χ2n) is 8.37. The monoisotopic (exact) mass is 450 g/mol. The van der Waals surface area contributed by atoms with Crippen LogP contribution in [0.25, 0.3) is 0 Å². The van der Waals surface area contributed by atoms with Crippen molar-refractivity contribution < 1.29 is 23.5 Å². The summed E-state index contributed by atoms with van der Waals surface area (Å²) in [6, 6.07) is 9.24. The lowest BCUT2D eigenvalue weighted by Gasteiger charge is -2.45. The molecular weight excluding hydrogens is 424 g/mol. The third-order valence-corrected chi connectivity index (χ3v) is 6.40. The maximum absolute atomic E-state index is 13.0. The molecule has 9 heteroatoms. The highest BCUT2D eigenvalue weighted by Crippen LogP contribution is 2.40. The Labute approximate surface area is 191 Å². The van der Waals surface area contributed by atoms with Crippen molar-refractivity contribution in [2.45, 2.75) is 37.6 Å². The third-order valence-electron chi connectivity index (χ3n) is 6.40. The molecule has 1 spiro atoms. The van der Waals surface area contributed by atoms with Gasteiger partial charge in [-0.25, -0.2) is 4.98 Å². The van der Waals surface area contributed by atoms with Gasteiger partial charge in [0.25, 0.3) is 11.8 Å². The van der Waals surface area contributed by atoms with E-state index in [1.165, 1.54) is 12.5 Å². The quantitative estimate of drug-likeness (QED) is 0.641. The number of rotatable bonds is 5. The normalized spacial score (nSPS) is 19.2. The summed E-state index contributed by atoms with van der Waals surface area (Å²) in [5.41, 5.74) is 0.814. The highest BCUT2D eigenvalue weighted by Gasteiger charge is 2.47. The highest BCUT2D eigenvalue weighted by molar-refractivity contribution is 5.93. The van der Waals surface area contributed by atoms with E-state index in [4.69, 9.17) is 13.9 Å². The Morgan fingerprint density at radius 1 is 1.21 bits per heavy atom. The molecule has 2 aliphatic rings. The van der Waals surface area contributed by atoms with Crippen molar-refractivity contribution in [2.24, 2.45) is 0 Å². The Morgan fingerprint density at radius 2 is 2.00 bits per heavy atom. The number of imidazole rings is 1. The number of hydrogen-bond donors (Lipinski definition) is 1. The molecule has 2 amide bonds. The van der Waals surface area contributed by atoms with Crippen LogP contribution in [0.4, 0.5) is 0 Å². The molecule has 0 aliphatic carbocycles. The van der Waals surface area contributed by atoms with E-state index in [0.29, 0.717) is 44.6 Å². The van der Waals surface area contributed by atoms with Gasteiger partial charge in [0.15, 0.2) is 6.10 Å². The average molecular weight is 450 g/mol. The number of benzene rings is 1. The van der Waals surface area contributed by atoms with E-state index in [2.05, 4.69) is 10.3 Å². The maximum Gasteiger partial charge on any atom is 0.257 e. The van der Waals surface area contributed by atoms with Gasteiger partial charge in [-0.1, -0.05) is 12.1 Å². The summed E-state index contributed by atoms with van der Waals surface area (Å²) >= 11 is 0. The van der Waals surface area contributed by atoms with Crippen molar-refractivity contribution in [3.8, 4) is 5.75 Å². The molecule has 2 aromatic heterocycles. The van der Waals surface area contributed by atoms with Gasteiger partial charge in [-0.05, 0) is 23.8 Å². The van der Waals surface area contributed by atoms with Crippen molar-refractivity contribution >= 4 is 11.8 Å². The Morgan fingerprint density at radius 3 is 2.70 bits per heavy atom. The minimum absolute atomic E-state index is 0.0634. The number of carbonyl (C=O) groups excluding carboxylic acids is 2. The molecule has 1 aromatic carbocycles. The van der Waals surface area contributed by atoms with Gasteiger partial charge in [-0.15, -0.1) is 0 Å². The standard InChI is InChI=1S/C24H26N4O5/c1-31-19-4-2-17(3-5-19)14-26-21(29)20-15-28-12-9-25-23(28)24(33-20)7-10-27(11-8-24)22(30)18-6-13-32-16-18/h2-6,9,12-13,16,20H,7-8,10-11,14-15H2,1H3,(H,26,29). The molecule has 1 N–H and O–H groups in total. The van der Waals surface area contributed by atoms with E-state index in [0.717, 1.165) is 17.1 Å². The lowest BCUT2D eigenvalue weighted by Crippen LogP contribution is -2.54. The largest absolute Gasteiger partial charge is 0.497 e. The van der Waals surface area contributed by atoms with Crippen LogP contribution in [0.5, 0.6) is 5.75 Å². The fourth-order valence-electron chi connectivity index (χ4n) is 4.56. The number of likely N-dealkylation sites (tertiary alicyclic amines) is 1. The number of nitrogens with zero attached hydrogens (tertiary/aromatic N) is 3. The average Bonchev–Trinajstić information content (AvgIpc) is 3.56. The molecule has 5 rings (SSSR count). The maximum atomic E-state index is 13.0. The Balaban J connectivity index is 1.26. The molecular formula is C24H26N4O5. The second-order valence-corrected chi connectivity index (χ2v) is 8.37. The van der Waals surface area contributed by atoms with E-state index in [-0.39, 0.29) is 11.8 Å². The van der Waals surface area contributed by atoms with Crippen molar-refractivity contribution in [3.63, 3.8) is 0 Å². The van der Waals surface area contributed by atoms with Crippen LogP contribution in [-0.4, -0.2) is 52.6 Å². The number of ether oxygens (including phenoxy) is 2. The predicted octanol–water partition coefficient (Wildman–Crippen LogP) is 2.33. The van der Waals surface area contributed by atoms with Gasteiger partial charge in [0.1, 0.15) is 23.4 Å². The Hall–Kier alpha value is -3.59. The van der Waals surface area contributed by atoms with Crippen molar-refractivity contribution in [2.75, 3.05) is 20.2 Å². The van der Waals surface area contributed by atoms with Gasteiger partial charge in [0.05, 0.1) is 25.5 Å². The van der Waals surface area contributed by atoms with Crippen molar-refractivity contribution in [3.05, 3.63) is 72.2 Å². The van der Waals surface area contributed by atoms with Crippen LogP contribution in [0.15, 0.2) is 59.7 Å². The lowest BCUT2D eigenvalue weighted by atomic mass is 9.88. The summed E-state index contributed by atoms with van der Waals surface area (Å²) in [5.74, 6) is 1.36. The number of carbonyl (C=O) groups is 2. The molecule has 0 bridgehead atoms. The van der Waals surface area contributed by atoms with Crippen LogP contribution in [0.3, 0.4) is 0 Å². The number of aromatic nitrogens is 2. The van der Waals surface area contributed by atoms with Crippen LogP contribution < -0.4 is 10.1 Å². The van der Waals surface area contributed by atoms with E-state index >= 15 is 0 Å². The van der Waals surface area contributed by atoms with E-state index < -0.39 is 11.7 Å². The van der Waals surface area contributed by atoms with Gasteiger partial charge in [0.2, 0.25) is 0 Å². The summed E-state index contributed by atoms with van der Waals surface area (Å²) < 4.78 is 18.6. The first kappa shape index (κ1) is 21.3. The minimum Gasteiger partial charge on any atom is -0.497 e. The molecule has 0 radical (unpaired) electrons. The first-order chi connectivity index (χ1) is 16.1. The van der Waals surface area contributed by atoms with Gasteiger partial charge < -0.3 is 28.7 Å². The SMILES string of the molecule is COc1ccc(CNC(=O)C2Cn3ccnc3C3(CCN(C(=O)c4ccoc4)CC3)O2)cc1. The van der Waals surface area contributed by atoms with Gasteiger partial charge in [-0.2, -0.15) is 0 Å². The molecule has 2 aliphatic heterocycles. The number of fused-ring (bicyclic) bond motifs is 2. The fourth-order valence-corrected chi connectivity index (χ4v) is 4.56. The summed E-state index contributed by atoms with van der Waals surface area (Å²) in [6.07, 6.45) is 7.06. The zero-order valence-electron chi connectivity index (χ0n) is 18.4. The smallest absolute Gasteiger partial charge is 0.257 e. The predicted molar refractivity (Wildman–Crippen MR) is 117 cm³/mol. The minimum atomic E-state index is -0.697. The van der Waals surface area contributed by atoms with Crippen LogP contribution in [0.1, 0.15) is 34.6 Å². The molecule has 4 heterocycles. The van der Waals surface area contributed by atoms with Gasteiger partial charge in [-0.3, -0.25) is 9.59 Å². The molecule has 1 fully saturated rings. The zero-order chi connectivity index (χ0) is 22.8. The van der Waals surface area contributed by atoms with Crippen LogP contribution >= 0.6 is 0 Å². The van der Waals surface area contributed by atoms with Crippen LogP contribution in [-0.2, 0) is 28.2 Å². The van der Waals surface area contributed by atoms with Crippen molar-refractivity contribution in [1.82, 2.24) is 19.8 Å². The van der Waals surface area contributed by atoms with Gasteiger partial charge in [0, 0.05) is 44.9 Å². The molecule has 1 atom stereocenters. The number of nitrogens with one attached hydrogen (secondary N) is 1. The van der Waals surface area contributed by atoms with Crippen LogP contribution in [0, 0.1) is 0 Å². The Bertz CT molecular complexity index is 1110. The molecule has 1 saturated heterocycles. The number of piperidine rings is 1. The molecule has 0 saturated carbocycles. The van der Waals surface area contributed by atoms with Crippen LogP contribution in [0.2, 0.25) is 0 Å². The molecule has 1 unspecified atom stereocenters. The number of methoxy groups -OCH3 is 1.